The van der Waals surface area contributed by atoms with Gasteiger partial charge in [0.15, 0.2) is 9.84 Å². The van der Waals surface area contributed by atoms with E-state index in [9.17, 15) is 22.8 Å². The molecular formula is C18H19NO8S2. The number of methoxy groups -OCH3 is 2. The van der Waals surface area contributed by atoms with E-state index in [1.807, 2.05) is 0 Å². The van der Waals surface area contributed by atoms with Crippen molar-refractivity contribution in [2.75, 3.05) is 26.2 Å². The second-order valence-electron chi connectivity index (χ2n) is 5.98. The fourth-order valence-electron chi connectivity index (χ4n) is 2.52. The minimum Gasteiger partial charge on any atom is -0.465 e. The Labute approximate surface area is 171 Å². The van der Waals surface area contributed by atoms with Gasteiger partial charge in [-0.2, -0.15) is 0 Å². The summed E-state index contributed by atoms with van der Waals surface area (Å²) in [4.78, 5) is 36.4. The van der Waals surface area contributed by atoms with E-state index in [4.69, 9.17) is 10.5 Å². The molecule has 1 aromatic heterocycles. The van der Waals surface area contributed by atoms with Gasteiger partial charge in [-0.05, 0) is 17.7 Å². The molecule has 2 N–H and O–H groups in total. The lowest BCUT2D eigenvalue weighted by molar-refractivity contribution is 0.0452. The highest BCUT2D eigenvalue weighted by molar-refractivity contribution is 7.89. The van der Waals surface area contributed by atoms with Crippen LogP contribution in [0.1, 0.15) is 41.5 Å². The summed E-state index contributed by atoms with van der Waals surface area (Å²) in [6, 6.07) is 5.95. The molecule has 11 heteroatoms. The van der Waals surface area contributed by atoms with Crippen molar-refractivity contribution in [3.05, 3.63) is 51.4 Å². The van der Waals surface area contributed by atoms with Crippen molar-refractivity contribution in [1.29, 1.82) is 0 Å². The van der Waals surface area contributed by atoms with Gasteiger partial charge >= 0.3 is 17.9 Å². The van der Waals surface area contributed by atoms with Gasteiger partial charge in [0.2, 0.25) is 0 Å². The third-order valence-corrected chi connectivity index (χ3v) is 5.63. The number of sulfone groups is 1. The van der Waals surface area contributed by atoms with Crippen molar-refractivity contribution in [3.63, 3.8) is 0 Å². The summed E-state index contributed by atoms with van der Waals surface area (Å²) in [5.41, 5.74) is 6.37. The molecule has 0 aliphatic rings. The summed E-state index contributed by atoms with van der Waals surface area (Å²) < 4.78 is 37.5. The van der Waals surface area contributed by atoms with Gasteiger partial charge in [-0.3, -0.25) is 0 Å². The summed E-state index contributed by atoms with van der Waals surface area (Å²) in [7, 11) is -0.957. The fraction of sp³-hybridized carbons (Fsp3) is 0.278. The van der Waals surface area contributed by atoms with Crippen molar-refractivity contribution in [1.82, 2.24) is 0 Å². The van der Waals surface area contributed by atoms with E-state index in [-0.39, 0.29) is 32.3 Å². The van der Waals surface area contributed by atoms with Gasteiger partial charge in [-0.15, -0.1) is 11.3 Å². The summed E-state index contributed by atoms with van der Waals surface area (Å²) in [6.45, 7) is -0.433. The highest BCUT2D eigenvalue weighted by Gasteiger charge is 2.28. The van der Waals surface area contributed by atoms with Crippen molar-refractivity contribution >= 4 is 44.1 Å². The van der Waals surface area contributed by atoms with Crippen LogP contribution in [-0.4, -0.2) is 46.8 Å². The van der Waals surface area contributed by atoms with E-state index in [0.717, 1.165) is 24.7 Å². The number of carbonyl (C=O) groups is 3. The molecule has 0 saturated carbocycles. The predicted molar refractivity (Wildman–Crippen MR) is 106 cm³/mol. The maximum Gasteiger partial charge on any atom is 0.348 e. The van der Waals surface area contributed by atoms with E-state index in [0.29, 0.717) is 5.56 Å². The Balaban J connectivity index is 2.29. The van der Waals surface area contributed by atoms with Crippen LogP contribution >= 0.6 is 11.3 Å². The van der Waals surface area contributed by atoms with Crippen LogP contribution in [0, 0.1) is 0 Å². The molecule has 0 aliphatic heterocycles. The van der Waals surface area contributed by atoms with E-state index in [1.165, 1.54) is 25.3 Å². The average molecular weight is 441 g/mol. The monoisotopic (exact) mass is 441 g/mol. The molecule has 2 rings (SSSR count). The number of ether oxygens (including phenoxy) is 3. The molecule has 0 unspecified atom stereocenters. The van der Waals surface area contributed by atoms with E-state index < -0.39 is 34.4 Å². The molecule has 0 aliphatic carbocycles. The zero-order valence-corrected chi connectivity index (χ0v) is 17.5. The van der Waals surface area contributed by atoms with Crippen LogP contribution in [-0.2, 0) is 36.4 Å². The molecule has 0 fully saturated rings. The molecule has 0 spiro atoms. The fourth-order valence-corrected chi connectivity index (χ4v) is 4.28. The van der Waals surface area contributed by atoms with Crippen molar-refractivity contribution in [2.24, 2.45) is 0 Å². The normalized spacial score (nSPS) is 11.0. The van der Waals surface area contributed by atoms with Gasteiger partial charge in [-0.25, -0.2) is 22.8 Å². The topological polar surface area (TPSA) is 139 Å². The van der Waals surface area contributed by atoms with E-state index in [1.54, 1.807) is 6.07 Å². The van der Waals surface area contributed by atoms with Gasteiger partial charge in [0.25, 0.3) is 0 Å². The minimum atomic E-state index is -3.28. The zero-order chi connectivity index (χ0) is 21.8. The van der Waals surface area contributed by atoms with Gasteiger partial charge in [-0.1, -0.05) is 12.1 Å². The Kier molecular flexibility index (Phi) is 6.98. The Morgan fingerprint density at radius 3 is 2.31 bits per heavy atom. The lowest BCUT2D eigenvalue weighted by atomic mass is 10.1. The molecule has 0 atom stereocenters. The third kappa shape index (κ3) is 5.55. The lowest BCUT2D eigenvalue weighted by Crippen LogP contribution is -2.13. The number of hydrogen-bond acceptors (Lipinski definition) is 10. The summed E-state index contributed by atoms with van der Waals surface area (Å²) >= 11 is 0.818. The number of nitrogen functional groups attached to an aromatic ring is 1. The van der Waals surface area contributed by atoms with Crippen LogP contribution in [0.5, 0.6) is 0 Å². The lowest BCUT2D eigenvalue weighted by Gasteiger charge is -2.09. The Hall–Kier alpha value is -2.92. The van der Waals surface area contributed by atoms with Crippen LogP contribution < -0.4 is 5.73 Å². The number of benzene rings is 1. The molecule has 0 amide bonds. The standard InChI is InChI=1S/C18H19NO8S2/c1-25-17(21)13-12(14(18(22)26-2)28-15(13)19)8-27-16(20)11-6-4-5-10(7-11)9-29(3,23)24/h4-7H,8-9,19H2,1-3H3. The summed E-state index contributed by atoms with van der Waals surface area (Å²) in [6.07, 6.45) is 1.08. The predicted octanol–water partition coefficient (Wildman–Crippen LogP) is 1.81. The molecule has 0 bridgehead atoms. The number of esters is 3. The first-order valence-corrected chi connectivity index (χ1v) is 11.0. The van der Waals surface area contributed by atoms with Crippen molar-refractivity contribution < 1.29 is 37.0 Å². The first-order chi connectivity index (χ1) is 13.6. The van der Waals surface area contributed by atoms with Crippen LogP contribution in [0.15, 0.2) is 24.3 Å². The first-order valence-electron chi connectivity index (χ1n) is 8.09. The van der Waals surface area contributed by atoms with E-state index >= 15 is 0 Å². The number of rotatable bonds is 7. The highest BCUT2D eigenvalue weighted by Crippen LogP contribution is 2.33. The van der Waals surface area contributed by atoms with Crippen LogP contribution in [0.2, 0.25) is 0 Å². The number of thiophene rings is 1. The number of anilines is 1. The summed E-state index contributed by atoms with van der Waals surface area (Å²) in [5.74, 6) is -2.52. The maximum absolute atomic E-state index is 12.4. The second kappa shape index (κ2) is 9.05. The molecule has 1 aromatic carbocycles. The SMILES string of the molecule is COC(=O)c1sc(N)c(C(=O)OC)c1COC(=O)c1cccc(CS(C)(=O)=O)c1. The maximum atomic E-state index is 12.4. The van der Waals surface area contributed by atoms with Crippen molar-refractivity contribution in [2.45, 2.75) is 12.4 Å². The molecule has 0 radical (unpaired) electrons. The number of carbonyl (C=O) groups excluding carboxylic acids is 3. The molecule has 9 nitrogen and oxygen atoms in total. The molecule has 0 saturated heterocycles. The van der Waals surface area contributed by atoms with Crippen molar-refractivity contribution in [3.8, 4) is 0 Å². The average Bonchev–Trinajstić information content (AvgIpc) is 2.99. The van der Waals surface area contributed by atoms with E-state index in [2.05, 4.69) is 9.47 Å². The highest BCUT2D eigenvalue weighted by atomic mass is 32.2. The Morgan fingerprint density at radius 2 is 1.72 bits per heavy atom. The molecule has 29 heavy (non-hydrogen) atoms. The molecule has 2 aromatic rings. The largest absolute Gasteiger partial charge is 0.465 e. The molecular weight excluding hydrogens is 422 g/mol. The molecule has 156 valence electrons. The van der Waals surface area contributed by atoms with Gasteiger partial charge in [0.1, 0.15) is 22.0 Å². The minimum absolute atomic E-state index is 0.0176. The summed E-state index contributed by atoms with van der Waals surface area (Å²) in [5, 5.41) is 0.0263. The quantitative estimate of drug-likeness (QED) is 0.503. The Morgan fingerprint density at radius 1 is 1.07 bits per heavy atom. The van der Waals surface area contributed by atoms with Crippen LogP contribution in [0.25, 0.3) is 0 Å². The van der Waals surface area contributed by atoms with Gasteiger partial charge in [0.05, 0.1) is 25.5 Å². The second-order valence-corrected chi connectivity index (χ2v) is 9.17. The van der Waals surface area contributed by atoms with Gasteiger partial charge < -0.3 is 19.9 Å². The number of nitrogens with two attached hydrogens (primary N) is 1. The molecule has 1 heterocycles. The number of hydrogen-bond donors (Lipinski definition) is 1. The zero-order valence-electron chi connectivity index (χ0n) is 15.9. The van der Waals surface area contributed by atoms with Gasteiger partial charge in [0, 0.05) is 11.8 Å². The van der Waals surface area contributed by atoms with Crippen LogP contribution in [0.4, 0.5) is 5.00 Å². The Bertz CT molecular complexity index is 1060. The smallest absolute Gasteiger partial charge is 0.348 e. The van der Waals surface area contributed by atoms with Crippen LogP contribution in [0.3, 0.4) is 0 Å². The first kappa shape index (κ1) is 22.4. The third-order valence-electron chi connectivity index (χ3n) is 3.73.